The van der Waals surface area contributed by atoms with Crippen molar-refractivity contribution >= 4 is 11.0 Å². The molecular formula is C16H13F3N4. The number of rotatable bonds is 1. The number of hydrogen-bond acceptors (Lipinski definition) is 3. The fourth-order valence-electron chi connectivity index (χ4n) is 3.23. The van der Waals surface area contributed by atoms with Gasteiger partial charge in [0.2, 0.25) is 0 Å². The highest BCUT2D eigenvalue weighted by Crippen LogP contribution is 2.33. The number of nitrogens with two attached hydrogens (primary N) is 1. The molecule has 2 atom stereocenters. The standard InChI is InChI=1S/C16H13F3N4/c17-10-5-12(19)11(18)3-8(10)9-4-16-22-14-1-2-21-6-15(14)23(16)7-13(9)20/h1-3,5-6,9,13H,4,7,20H2/t9-,13+/m1/s1. The normalized spacial score (nSPS) is 20.7. The third kappa shape index (κ3) is 2.19. The van der Waals surface area contributed by atoms with Crippen LogP contribution in [0, 0.1) is 17.5 Å². The fraction of sp³-hybridized carbons (Fsp3) is 0.250. The van der Waals surface area contributed by atoms with Gasteiger partial charge in [0.15, 0.2) is 11.6 Å². The maximum atomic E-state index is 14.1. The highest BCUT2D eigenvalue weighted by molar-refractivity contribution is 5.74. The minimum atomic E-state index is -1.20. The van der Waals surface area contributed by atoms with E-state index in [1.165, 1.54) is 0 Å². The zero-order chi connectivity index (χ0) is 16.1. The number of pyridine rings is 1. The first-order valence-electron chi connectivity index (χ1n) is 7.23. The number of fused-ring (bicyclic) bond motifs is 3. The van der Waals surface area contributed by atoms with Gasteiger partial charge in [-0.2, -0.15) is 0 Å². The van der Waals surface area contributed by atoms with Gasteiger partial charge in [0.25, 0.3) is 0 Å². The molecule has 7 heteroatoms. The zero-order valence-electron chi connectivity index (χ0n) is 12.0. The number of hydrogen-bond donors (Lipinski definition) is 1. The molecule has 0 saturated carbocycles. The summed E-state index contributed by atoms with van der Waals surface area (Å²) < 4.78 is 42.6. The highest BCUT2D eigenvalue weighted by atomic mass is 19.2. The van der Waals surface area contributed by atoms with Gasteiger partial charge in [-0.1, -0.05) is 0 Å². The van der Waals surface area contributed by atoms with Crippen molar-refractivity contribution in [3.8, 4) is 0 Å². The fourth-order valence-corrected chi connectivity index (χ4v) is 3.23. The molecule has 118 valence electrons. The number of benzene rings is 1. The number of aromatic nitrogens is 3. The molecule has 3 aromatic rings. The van der Waals surface area contributed by atoms with Crippen LogP contribution in [-0.2, 0) is 13.0 Å². The van der Waals surface area contributed by atoms with Gasteiger partial charge in [-0.15, -0.1) is 0 Å². The summed E-state index contributed by atoms with van der Waals surface area (Å²) in [5.74, 6) is -2.77. The Hall–Kier alpha value is -2.41. The van der Waals surface area contributed by atoms with Gasteiger partial charge < -0.3 is 10.3 Å². The van der Waals surface area contributed by atoms with E-state index in [0.717, 1.165) is 22.9 Å². The lowest BCUT2D eigenvalue weighted by Gasteiger charge is -2.30. The summed E-state index contributed by atoms with van der Waals surface area (Å²) >= 11 is 0. The monoisotopic (exact) mass is 318 g/mol. The van der Waals surface area contributed by atoms with Crippen LogP contribution in [0.25, 0.3) is 11.0 Å². The third-order valence-electron chi connectivity index (χ3n) is 4.38. The van der Waals surface area contributed by atoms with Gasteiger partial charge in [0, 0.05) is 37.2 Å². The van der Waals surface area contributed by atoms with Gasteiger partial charge in [0.1, 0.15) is 11.6 Å². The van der Waals surface area contributed by atoms with E-state index in [2.05, 4.69) is 9.97 Å². The topological polar surface area (TPSA) is 56.7 Å². The van der Waals surface area contributed by atoms with Gasteiger partial charge in [-0.25, -0.2) is 18.2 Å². The van der Waals surface area contributed by atoms with Crippen molar-refractivity contribution in [3.05, 3.63) is 59.4 Å². The van der Waals surface area contributed by atoms with E-state index in [-0.39, 0.29) is 5.56 Å². The zero-order valence-corrected chi connectivity index (χ0v) is 12.0. The predicted molar refractivity (Wildman–Crippen MR) is 78.3 cm³/mol. The van der Waals surface area contributed by atoms with Crippen molar-refractivity contribution in [1.82, 2.24) is 14.5 Å². The van der Waals surface area contributed by atoms with Crippen LogP contribution in [0.4, 0.5) is 13.2 Å². The number of halogens is 3. The van der Waals surface area contributed by atoms with Crippen molar-refractivity contribution < 1.29 is 13.2 Å². The van der Waals surface area contributed by atoms with Crippen LogP contribution in [0.1, 0.15) is 17.3 Å². The molecule has 0 saturated heterocycles. The Morgan fingerprint density at radius 2 is 1.91 bits per heavy atom. The molecule has 1 aromatic carbocycles. The summed E-state index contributed by atoms with van der Waals surface area (Å²) in [5.41, 5.74) is 7.92. The second-order valence-electron chi connectivity index (χ2n) is 5.77. The van der Waals surface area contributed by atoms with Crippen molar-refractivity contribution in [3.63, 3.8) is 0 Å². The maximum absolute atomic E-state index is 14.1. The average Bonchev–Trinajstić information content (AvgIpc) is 2.88. The molecule has 4 rings (SSSR count). The molecule has 0 radical (unpaired) electrons. The summed E-state index contributed by atoms with van der Waals surface area (Å²) in [4.78, 5) is 8.59. The lowest BCUT2D eigenvalue weighted by molar-refractivity contribution is 0.391. The van der Waals surface area contributed by atoms with E-state index < -0.39 is 29.4 Å². The molecule has 3 heterocycles. The SMILES string of the molecule is N[C@H]1Cn2c(nc3ccncc32)C[C@@H]1c1cc(F)c(F)cc1F. The summed E-state index contributed by atoms with van der Waals surface area (Å²) in [6.07, 6.45) is 3.71. The van der Waals surface area contributed by atoms with Crippen LogP contribution in [0.3, 0.4) is 0 Å². The van der Waals surface area contributed by atoms with Gasteiger partial charge >= 0.3 is 0 Å². The molecule has 2 N–H and O–H groups in total. The van der Waals surface area contributed by atoms with Crippen LogP contribution < -0.4 is 5.73 Å². The van der Waals surface area contributed by atoms with E-state index in [1.807, 2.05) is 4.57 Å². The first kappa shape index (κ1) is 14.2. The molecule has 0 spiro atoms. The third-order valence-corrected chi connectivity index (χ3v) is 4.38. The second-order valence-corrected chi connectivity index (χ2v) is 5.77. The van der Waals surface area contributed by atoms with E-state index in [9.17, 15) is 13.2 Å². The van der Waals surface area contributed by atoms with Gasteiger partial charge in [0.05, 0.1) is 17.2 Å². The first-order chi connectivity index (χ1) is 11.0. The maximum Gasteiger partial charge on any atom is 0.161 e. The summed E-state index contributed by atoms with van der Waals surface area (Å²) in [6, 6.07) is 2.83. The Labute approximate surface area is 129 Å². The highest BCUT2D eigenvalue weighted by Gasteiger charge is 2.32. The van der Waals surface area contributed by atoms with E-state index in [1.54, 1.807) is 18.5 Å². The van der Waals surface area contributed by atoms with Crippen molar-refractivity contribution in [1.29, 1.82) is 0 Å². The van der Waals surface area contributed by atoms with Crippen molar-refractivity contribution in [2.75, 3.05) is 0 Å². The van der Waals surface area contributed by atoms with E-state index in [4.69, 9.17) is 5.73 Å². The largest absolute Gasteiger partial charge is 0.326 e. The summed E-state index contributed by atoms with van der Waals surface area (Å²) in [5, 5.41) is 0. The predicted octanol–water partition coefficient (Wildman–Crippen LogP) is 2.52. The molecule has 0 amide bonds. The summed E-state index contributed by atoms with van der Waals surface area (Å²) in [7, 11) is 0. The molecule has 0 bridgehead atoms. The molecular weight excluding hydrogens is 305 g/mol. The van der Waals surface area contributed by atoms with E-state index >= 15 is 0 Å². The van der Waals surface area contributed by atoms with Crippen LogP contribution in [0.5, 0.6) is 0 Å². The molecule has 1 aliphatic heterocycles. The second kappa shape index (κ2) is 5.06. The molecule has 0 fully saturated rings. The van der Waals surface area contributed by atoms with Gasteiger partial charge in [-0.05, 0) is 17.7 Å². The lowest BCUT2D eigenvalue weighted by atomic mass is 9.86. The Bertz CT molecular complexity index is 906. The van der Waals surface area contributed by atoms with Gasteiger partial charge in [-0.3, -0.25) is 4.98 Å². The Morgan fingerprint density at radius 3 is 2.74 bits per heavy atom. The number of nitrogens with zero attached hydrogens (tertiary/aromatic N) is 3. The van der Waals surface area contributed by atoms with Crippen LogP contribution in [-0.4, -0.2) is 20.6 Å². The smallest absolute Gasteiger partial charge is 0.161 e. The minimum Gasteiger partial charge on any atom is -0.326 e. The molecule has 0 aliphatic carbocycles. The van der Waals surface area contributed by atoms with Crippen LogP contribution in [0.2, 0.25) is 0 Å². The molecule has 0 unspecified atom stereocenters. The molecule has 1 aliphatic rings. The summed E-state index contributed by atoms with van der Waals surface area (Å²) in [6.45, 7) is 0.417. The van der Waals surface area contributed by atoms with Crippen molar-refractivity contribution in [2.24, 2.45) is 5.73 Å². The minimum absolute atomic E-state index is 0.0906. The lowest BCUT2D eigenvalue weighted by Crippen LogP contribution is -2.39. The Morgan fingerprint density at radius 1 is 1.13 bits per heavy atom. The molecule has 23 heavy (non-hydrogen) atoms. The molecule has 2 aromatic heterocycles. The number of imidazole rings is 1. The van der Waals surface area contributed by atoms with E-state index in [0.29, 0.717) is 19.0 Å². The van der Waals surface area contributed by atoms with Crippen LogP contribution >= 0.6 is 0 Å². The average molecular weight is 318 g/mol. The van der Waals surface area contributed by atoms with Crippen LogP contribution in [0.15, 0.2) is 30.6 Å². The first-order valence-corrected chi connectivity index (χ1v) is 7.23. The Balaban J connectivity index is 1.79. The Kier molecular flexibility index (Phi) is 3.12. The molecule has 4 nitrogen and oxygen atoms in total. The van der Waals surface area contributed by atoms with Crippen molar-refractivity contribution in [2.45, 2.75) is 24.9 Å². The quantitative estimate of drug-likeness (QED) is 0.702.